The molecule has 1 aliphatic rings. The number of ether oxygens (including phenoxy) is 1. The highest BCUT2D eigenvalue weighted by Gasteiger charge is 2.22. The number of rotatable bonds is 6. The summed E-state index contributed by atoms with van der Waals surface area (Å²) < 4.78 is 7.22. The molecule has 3 heterocycles. The van der Waals surface area contributed by atoms with Crippen molar-refractivity contribution in [2.45, 2.75) is 38.6 Å². The number of aromatic nitrogens is 3. The Balaban J connectivity index is 1.71. The van der Waals surface area contributed by atoms with Gasteiger partial charge in [0.05, 0.1) is 18.0 Å². The van der Waals surface area contributed by atoms with Gasteiger partial charge < -0.3 is 9.64 Å². The largest absolute Gasteiger partial charge is 0.383 e. The first kappa shape index (κ1) is 17.1. The number of hydrogen-bond donors (Lipinski definition) is 0. The number of nitrogens with zero attached hydrogens (tertiary/aromatic N) is 4. The van der Waals surface area contributed by atoms with Crippen molar-refractivity contribution >= 4 is 0 Å². The monoisotopic (exact) mass is 328 g/mol. The highest BCUT2D eigenvalue weighted by atomic mass is 16.5. The van der Waals surface area contributed by atoms with Crippen molar-refractivity contribution in [1.82, 2.24) is 19.7 Å². The van der Waals surface area contributed by atoms with Crippen LogP contribution in [0.25, 0.3) is 11.4 Å². The molecule has 0 radical (unpaired) electrons. The van der Waals surface area contributed by atoms with Gasteiger partial charge in [0.2, 0.25) is 0 Å². The van der Waals surface area contributed by atoms with E-state index in [9.17, 15) is 0 Å². The third-order valence-corrected chi connectivity index (χ3v) is 4.81. The molecule has 0 saturated carbocycles. The van der Waals surface area contributed by atoms with E-state index in [1.807, 2.05) is 10.9 Å². The van der Waals surface area contributed by atoms with Crippen molar-refractivity contribution < 1.29 is 4.74 Å². The summed E-state index contributed by atoms with van der Waals surface area (Å²) in [7, 11) is 1.77. The lowest BCUT2D eigenvalue weighted by atomic mass is 9.93. The summed E-state index contributed by atoms with van der Waals surface area (Å²) in [5.74, 6) is 0.555. The molecule has 0 bridgehead atoms. The molecular weight excluding hydrogens is 300 g/mol. The van der Waals surface area contributed by atoms with Crippen LogP contribution in [0, 0.1) is 0 Å². The van der Waals surface area contributed by atoms with Crippen molar-refractivity contribution in [2.75, 3.05) is 33.4 Å². The Kier molecular flexibility index (Phi) is 5.63. The van der Waals surface area contributed by atoms with Gasteiger partial charge in [-0.3, -0.25) is 9.67 Å². The first-order valence-corrected chi connectivity index (χ1v) is 8.91. The first-order chi connectivity index (χ1) is 11.7. The molecular formula is C19H28N4O. The Morgan fingerprint density at radius 2 is 2.00 bits per heavy atom. The second-order valence-corrected chi connectivity index (χ2v) is 6.81. The van der Waals surface area contributed by atoms with Crippen LogP contribution in [0.1, 0.15) is 44.3 Å². The zero-order chi connectivity index (χ0) is 16.9. The number of likely N-dealkylation sites (tertiary alicyclic amines) is 1. The Hall–Kier alpha value is -1.72. The minimum absolute atomic E-state index is 0.337. The van der Waals surface area contributed by atoms with Gasteiger partial charge in [-0.15, -0.1) is 0 Å². The molecule has 0 N–H and O–H groups in total. The molecule has 2 aromatic heterocycles. The number of hydrogen-bond acceptors (Lipinski definition) is 4. The smallest absolute Gasteiger partial charge is 0.0886 e. The molecule has 0 atom stereocenters. The van der Waals surface area contributed by atoms with Crippen LogP contribution in [0.3, 0.4) is 0 Å². The maximum Gasteiger partial charge on any atom is 0.0886 e. The minimum atomic E-state index is 0.337. The summed E-state index contributed by atoms with van der Waals surface area (Å²) in [5, 5.41) is 4.43. The molecule has 1 aliphatic heterocycles. The van der Waals surface area contributed by atoms with Gasteiger partial charge >= 0.3 is 0 Å². The molecule has 0 amide bonds. The molecule has 0 unspecified atom stereocenters. The van der Waals surface area contributed by atoms with Crippen LogP contribution in [0.5, 0.6) is 0 Å². The molecule has 0 aromatic carbocycles. The van der Waals surface area contributed by atoms with Crippen LogP contribution in [0.4, 0.5) is 0 Å². The maximum absolute atomic E-state index is 5.18. The topological polar surface area (TPSA) is 43.2 Å². The SMILES string of the molecule is COCCN1CCC(c2cccc(-c3ccnn3C(C)C)n2)CC1. The van der Waals surface area contributed by atoms with E-state index in [0.29, 0.717) is 12.0 Å². The van der Waals surface area contributed by atoms with E-state index in [1.54, 1.807) is 7.11 Å². The molecule has 0 spiro atoms. The van der Waals surface area contributed by atoms with Crippen molar-refractivity contribution in [1.29, 1.82) is 0 Å². The lowest BCUT2D eigenvalue weighted by molar-refractivity contribution is 0.130. The van der Waals surface area contributed by atoms with Crippen LogP contribution in [-0.4, -0.2) is 53.0 Å². The third-order valence-electron chi connectivity index (χ3n) is 4.81. The molecule has 0 aliphatic carbocycles. The maximum atomic E-state index is 5.18. The Labute approximate surface area is 144 Å². The molecule has 3 rings (SSSR count). The van der Waals surface area contributed by atoms with E-state index in [1.165, 1.54) is 18.5 Å². The van der Waals surface area contributed by atoms with Crippen LogP contribution >= 0.6 is 0 Å². The average molecular weight is 328 g/mol. The van der Waals surface area contributed by atoms with E-state index in [4.69, 9.17) is 9.72 Å². The highest BCUT2D eigenvalue weighted by Crippen LogP contribution is 2.29. The van der Waals surface area contributed by atoms with Crippen LogP contribution in [-0.2, 0) is 4.74 Å². The van der Waals surface area contributed by atoms with Gasteiger partial charge in [-0.2, -0.15) is 5.10 Å². The summed E-state index contributed by atoms with van der Waals surface area (Å²) in [6, 6.07) is 8.79. The zero-order valence-corrected chi connectivity index (χ0v) is 15.0. The van der Waals surface area contributed by atoms with Gasteiger partial charge in [0, 0.05) is 37.5 Å². The minimum Gasteiger partial charge on any atom is -0.383 e. The predicted octanol–water partition coefficient (Wildman–Crippen LogP) is 3.35. The highest BCUT2D eigenvalue weighted by molar-refractivity contribution is 5.54. The first-order valence-electron chi connectivity index (χ1n) is 8.91. The lowest BCUT2D eigenvalue weighted by Crippen LogP contribution is -2.35. The van der Waals surface area contributed by atoms with E-state index in [-0.39, 0.29) is 0 Å². The fraction of sp³-hybridized carbons (Fsp3) is 0.579. The van der Waals surface area contributed by atoms with Crippen molar-refractivity contribution in [3.8, 4) is 11.4 Å². The van der Waals surface area contributed by atoms with Gasteiger partial charge in [-0.05, 0) is 58.0 Å². The van der Waals surface area contributed by atoms with Gasteiger partial charge in [-0.1, -0.05) is 6.07 Å². The Bertz CT molecular complexity index is 644. The summed E-state index contributed by atoms with van der Waals surface area (Å²) >= 11 is 0. The van der Waals surface area contributed by atoms with Crippen molar-refractivity contribution in [3.63, 3.8) is 0 Å². The van der Waals surface area contributed by atoms with Gasteiger partial charge in [0.15, 0.2) is 0 Å². The lowest BCUT2D eigenvalue weighted by Gasteiger charge is -2.31. The predicted molar refractivity (Wildman–Crippen MR) is 96.1 cm³/mol. The second kappa shape index (κ2) is 7.90. The molecule has 2 aromatic rings. The summed E-state index contributed by atoms with van der Waals surface area (Å²) in [6.07, 6.45) is 4.20. The fourth-order valence-electron chi connectivity index (χ4n) is 3.42. The number of methoxy groups -OCH3 is 1. The van der Waals surface area contributed by atoms with Gasteiger partial charge in [-0.25, -0.2) is 0 Å². The van der Waals surface area contributed by atoms with Gasteiger partial charge in [0.25, 0.3) is 0 Å². The van der Waals surface area contributed by atoms with Crippen molar-refractivity contribution in [2.24, 2.45) is 0 Å². The summed E-state index contributed by atoms with van der Waals surface area (Å²) in [4.78, 5) is 7.45. The molecule has 5 nitrogen and oxygen atoms in total. The quantitative estimate of drug-likeness (QED) is 0.815. The average Bonchev–Trinajstić information content (AvgIpc) is 3.11. The fourth-order valence-corrected chi connectivity index (χ4v) is 3.42. The van der Waals surface area contributed by atoms with Gasteiger partial charge in [0.1, 0.15) is 0 Å². The van der Waals surface area contributed by atoms with E-state index in [0.717, 1.165) is 37.6 Å². The molecule has 130 valence electrons. The zero-order valence-electron chi connectivity index (χ0n) is 15.0. The molecule has 24 heavy (non-hydrogen) atoms. The van der Waals surface area contributed by atoms with Crippen LogP contribution in [0.2, 0.25) is 0 Å². The van der Waals surface area contributed by atoms with E-state index < -0.39 is 0 Å². The Morgan fingerprint density at radius 3 is 2.71 bits per heavy atom. The second-order valence-electron chi connectivity index (χ2n) is 6.81. The summed E-state index contributed by atoms with van der Waals surface area (Å²) in [6.45, 7) is 8.40. The van der Waals surface area contributed by atoms with Crippen molar-refractivity contribution in [3.05, 3.63) is 36.2 Å². The van der Waals surface area contributed by atoms with E-state index in [2.05, 4.69) is 48.1 Å². The molecule has 1 fully saturated rings. The van der Waals surface area contributed by atoms with E-state index >= 15 is 0 Å². The number of pyridine rings is 1. The molecule has 1 saturated heterocycles. The third kappa shape index (κ3) is 3.84. The normalized spacial score (nSPS) is 16.8. The number of piperidine rings is 1. The van der Waals surface area contributed by atoms with Crippen LogP contribution in [0.15, 0.2) is 30.5 Å². The standard InChI is InChI=1S/C19H28N4O/c1-15(2)23-19(7-10-20-23)18-6-4-5-17(21-18)16-8-11-22(12-9-16)13-14-24-3/h4-7,10,15-16H,8-9,11-14H2,1-3H3. The summed E-state index contributed by atoms with van der Waals surface area (Å²) in [5.41, 5.74) is 3.35. The van der Waals surface area contributed by atoms with Crippen LogP contribution < -0.4 is 0 Å². The molecule has 5 heteroatoms. The Morgan fingerprint density at radius 1 is 1.21 bits per heavy atom.